The first-order valence-corrected chi connectivity index (χ1v) is 5.07. The van der Waals surface area contributed by atoms with Gasteiger partial charge in [0.1, 0.15) is 5.82 Å². The van der Waals surface area contributed by atoms with Crippen molar-refractivity contribution in [3.63, 3.8) is 0 Å². The molecule has 0 saturated carbocycles. The van der Waals surface area contributed by atoms with Crippen LogP contribution in [-0.2, 0) is 6.42 Å². The van der Waals surface area contributed by atoms with Crippen LogP contribution in [0.15, 0.2) is 17.8 Å². The second-order valence-corrected chi connectivity index (χ2v) is 3.83. The summed E-state index contributed by atoms with van der Waals surface area (Å²) in [4.78, 5) is 22.6. The van der Waals surface area contributed by atoms with Crippen molar-refractivity contribution in [1.29, 1.82) is 0 Å². The topological polar surface area (TPSA) is 58.6 Å². The fraction of sp³-hybridized carbons (Fsp3) is 0.222. The van der Waals surface area contributed by atoms with E-state index in [0.29, 0.717) is 11.4 Å². The van der Waals surface area contributed by atoms with Gasteiger partial charge in [0.2, 0.25) is 0 Å². The number of nitrogens with one attached hydrogen (secondary N) is 1. The molecule has 0 aliphatic rings. The van der Waals surface area contributed by atoms with Gasteiger partial charge in [-0.1, -0.05) is 0 Å². The van der Waals surface area contributed by atoms with Crippen LogP contribution in [-0.4, -0.2) is 20.7 Å². The summed E-state index contributed by atoms with van der Waals surface area (Å²) in [5.74, 6) is 0.857. The molecule has 0 fully saturated rings. The van der Waals surface area contributed by atoms with Crippen molar-refractivity contribution in [1.82, 2.24) is 15.0 Å². The minimum Gasteiger partial charge on any atom is -0.346 e. The third-order valence-corrected chi connectivity index (χ3v) is 2.59. The van der Waals surface area contributed by atoms with Crippen molar-refractivity contribution in [2.45, 2.75) is 13.3 Å². The molecule has 0 bridgehead atoms. The quantitative estimate of drug-likeness (QED) is 0.778. The fourth-order valence-corrected chi connectivity index (χ4v) is 1.75. The summed E-state index contributed by atoms with van der Waals surface area (Å²) in [6.07, 6.45) is 3.66. The molecule has 5 heteroatoms. The molecule has 0 radical (unpaired) electrons. The largest absolute Gasteiger partial charge is 0.346 e. The molecule has 0 amide bonds. The maximum Gasteiger partial charge on any atom is 0.197 e. The fourth-order valence-electron chi connectivity index (χ4n) is 1.17. The van der Waals surface area contributed by atoms with E-state index in [-0.39, 0.29) is 5.78 Å². The molecule has 14 heavy (non-hydrogen) atoms. The SMILES string of the molecule is Cc1ncc(CC(=O)c2nccs2)[nH]1. The number of carbonyl (C=O) groups excluding carboxylic acids is 1. The Morgan fingerprint density at radius 3 is 3.00 bits per heavy atom. The summed E-state index contributed by atoms with van der Waals surface area (Å²) in [5.41, 5.74) is 0.836. The monoisotopic (exact) mass is 207 g/mol. The van der Waals surface area contributed by atoms with Crippen LogP contribution in [0.4, 0.5) is 0 Å². The first-order chi connectivity index (χ1) is 6.75. The molecule has 2 rings (SSSR count). The summed E-state index contributed by atoms with van der Waals surface area (Å²) in [6, 6.07) is 0. The van der Waals surface area contributed by atoms with Gasteiger partial charge in [-0.05, 0) is 6.92 Å². The second-order valence-electron chi connectivity index (χ2n) is 2.93. The Hall–Kier alpha value is -1.49. The number of thiazole rings is 1. The Bertz CT molecular complexity index is 433. The first kappa shape index (κ1) is 9.08. The lowest BCUT2D eigenvalue weighted by Gasteiger charge is -1.92. The van der Waals surface area contributed by atoms with Crippen LogP contribution in [0.25, 0.3) is 0 Å². The smallest absolute Gasteiger partial charge is 0.197 e. The van der Waals surface area contributed by atoms with Crippen LogP contribution in [0.2, 0.25) is 0 Å². The highest BCUT2D eigenvalue weighted by Crippen LogP contribution is 2.08. The number of aromatic amines is 1. The normalized spacial score (nSPS) is 10.4. The van der Waals surface area contributed by atoms with Crippen molar-refractivity contribution in [2.24, 2.45) is 0 Å². The van der Waals surface area contributed by atoms with E-state index in [4.69, 9.17) is 0 Å². The summed E-state index contributed by atoms with van der Waals surface area (Å²) in [5, 5.41) is 2.35. The van der Waals surface area contributed by atoms with Gasteiger partial charge >= 0.3 is 0 Å². The Morgan fingerprint density at radius 2 is 2.43 bits per heavy atom. The van der Waals surface area contributed by atoms with Gasteiger partial charge in [-0.25, -0.2) is 9.97 Å². The molecule has 2 aromatic heterocycles. The zero-order valence-electron chi connectivity index (χ0n) is 7.65. The number of imidazole rings is 1. The van der Waals surface area contributed by atoms with Crippen LogP contribution in [0.5, 0.6) is 0 Å². The van der Waals surface area contributed by atoms with Gasteiger partial charge in [-0.3, -0.25) is 4.79 Å². The summed E-state index contributed by atoms with van der Waals surface area (Å²) < 4.78 is 0. The lowest BCUT2D eigenvalue weighted by Crippen LogP contribution is -2.02. The predicted molar refractivity (Wildman–Crippen MR) is 53.5 cm³/mol. The number of ketones is 1. The van der Waals surface area contributed by atoms with Crippen LogP contribution < -0.4 is 0 Å². The number of hydrogen-bond donors (Lipinski definition) is 1. The Kier molecular flexibility index (Phi) is 2.41. The highest BCUT2D eigenvalue weighted by atomic mass is 32.1. The van der Waals surface area contributed by atoms with Crippen LogP contribution in [0.3, 0.4) is 0 Å². The summed E-state index contributed by atoms with van der Waals surface area (Å²) in [6.45, 7) is 1.86. The number of nitrogens with zero attached hydrogens (tertiary/aromatic N) is 2. The average molecular weight is 207 g/mol. The molecule has 2 aromatic rings. The molecule has 0 spiro atoms. The zero-order chi connectivity index (χ0) is 9.97. The lowest BCUT2D eigenvalue weighted by molar-refractivity contribution is 0.0991. The van der Waals surface area contributed by atoms with Gasteiger partial charge in [-0.15, -0.1) is 11.3 Å². The van der Waals surface area contributed by atoms with Crippen molar-refractivity contribution >= 4 is 17.1 Å². The Balaban J connectivity index is 2.09. The van der Waals surface area contributed by atoms with Gasteiger partial charge in [0.05, 0.1) is 6.42 Å². The number of carbonyl (C=O) groups is 1. The van der Waals surface area contributed by atoms with Crippen molar-refractivity contribution < 1.29 is 4.79 Å². The average Bonchev–Trinajstić information content (AvgIpc) is 2.75. The van der Waals surface area contributed by atoms with Gasteiger partial charge in [0.15, 0.2) is 10.8 Å². The summed E-state index contributed by atoms with van der Waals surface area (Å²) >= 11 is 1.36. The second kappa shape index (κ2) is 3.71. The Labute approximate surface area is 85.0 Å². The molecule has 72 valence electrons. The van der Waals surface area contributed by atoms with Crippen molar-refractivity contribution in [2.75, 3.05) is 0 Å². The maximum atomic E-state index is 11.6. The Morgan fingerprint density at radius 1 is 1.57 bits per heavy atom. The van der Waals surface area contributed by atoms with E-state index in [1.807, 2.05) is 6.92 Å². The third-order valence-electron chi connectivity index (χ3n) is 1.78. The molecule has 0 atom stereocenters. The van der Waals surface area contributed by atoms with Crippen LogP contribution in [0.1, 0.15) is 21.3 Å². The number of aromatic nitrogens is 3. The van der Waals surface area contributed by atoms with E-state index in [0.717, 1.165) is 11.5 Å². The summed E-state index contributed by atoms with van der Waals surface area (Å²) in [7, 11) is 0. The van der Waals surface area contributed by atoms with E-state index >= 15 is 0 Å². The maximum absolute atomic E-state index is 11.6. The van der Waals surface area contributed by atoms with Crippen molar-refractivity contribution in [3.05, 3.63) is 34.3 Å². The molecule has 2 heterocycles. The molecule has 0 aromatic carbocycles. The number of hydrogen-bond acceptors (Lipinski definition) is 4. The molecule has 0 unspecified atom stereocenters. The molecule has 0 aliphatic carbocycles. The third kappa shape index (κ3) is 1.88. The predicted octanol–water partition coefficient (Wildman–Crippen LogP) is 1.60. The molecular formula is C9H9N3OS. The van der Waals surface area contributed by atoms with Gasteiger partial charge < -0.3 is 4.98 Å². The van der Waals surface area contributed by atoms with Gasteiger partial charge in [0, 0.05) is 23.5 Å². The van der Waals surface area contributed by atoms with Gasteiger partial charge in [-0.2, -0.15) is 0 Å². The van der Waals surface area contributed by atoms with E-state index in [9.17, 15) is 4.79 Å². The van der Waals surface area contributed by atoms with Gasteiger partial charge in [0.25, 0.3) is 0 Å². The minimum atomic E-state index is 0.0312. The molecule has 0 saturated heterocycles. The molecule has 0 aliphatic heterocycles. The van der Waals surface area contributed by atoms with E-state index in [1.54, 1.807) is 17.8 Å². The van der Waals surface area contributed by atoms with Crippen LogP contribution in [0, 0.1) is 6.92 Å². The molecule has 1 N–H and O–H groups in total. The van der Waals surface area contributed by atoms with E-state index < -0.39 is 0 Å². The number of Topliss-reactive ketones (excluding diaryl/α,β-unsaturated/α-hetero) is 1. The molecular weight excluding hydrogens is 198 g/mol. The minimum absolute atomic E-state index is 0.0312. The number of H-pyrrole nitrogens is 1. The van der Waals surface area contributed by atoms with E-state index in [2.05, 4.69) is 15.0 Å². The molecule has 4 nitrogen and oxygen atoms in total. The first-order valence-electron chi connectivity index (χ1n) is 4.19. The van der Waals surface area contributed by atoms with Crippen molar-refractivity contribution in [3.8, 4) is 0 Å². The highest BCUT2D eigenvalue weighted by Gasteiger charge is 2.10. The number of aryl methyl sites for hydroxylation is 1. The highest BCUT2D eigenvalue weighted by molar-refractivity contribution is 7.11. The zero-order valence-corrected chi connectivity index (χ0v) is 8.47. The number of rotatable bonds is 3. The van der Waals surface area contributed by atoms with E-state index in [1.165, 1.54) is 11.3 Å². The lowest BCUT2D eigenvalue weighted by atomic mass is 10.2. The standard InChI is InChI=1S/C9H9N3OS/c1-6-11-5-7(12-6)4-8(13)9-10-2-3-14-9/h2-3,5H,4H2,1H3,(H,11,12). The van der Waals surface area contributed by atoms with Crippen LogP contribution >= 0.6 is 11.3 Å².